The van der Waals surface area contributed by atoms with Gasteiger partial charge in [-0.05, 0) is 30.7 Å². The number of anilines is 1. The van der Waals surface area contributed by atoms with Gasteiger partial charge in [0.25, 0.3) is 5.91 Å². The summed E-state index contributed by atoms with van der Waals surface area (Å²) in [6.45, 7) is 1.30. The molecule has 8 heteroatoms. The topological polar surface area (TPSA) is 104 Å². The Morgan fingerprint density at radius 2 is 1.71 bits per heavy atom. The summed E-state index contributed by atoms with van der Waals surface area (Å²) in [6, 6.07) is 18.0. The van der Waals surface area contributed by atoms with Crippen molar-refractivity contribution in [3.8, 4) is 17.2 Å². The second-order valence-electron chi connectivity index (χ2n) is 5.76. The first-order chi connectivity index (χ1) is 13.7. The summed E-state index contributed by atoms with van der Waals surface area (Å²) in [4.78, 5) is 24.1. The van der Waals surface area contributed by atoms with E-state index in [1.165, 1.54) is 0 Å². The highest BCUT2D eigenvalue weighted by molar-refractivity contribution is 5.91. The van der Waals surface area contributed by atoms with Crippen LogP contribution in [0.1, 0.15) is 13.3 Å². The van der Waals surface area contributed by atoms with Crippen molar-refractivity contribution < 1.29 is 23.5 Å². The molecule has 1 aromatic heterocycles. The van der Waals surface area contributed by atoms with E-state index in [1.807, 2.05) is 24.3 Å². The minimum absolute atomic E-state index is 0.0764. The first kappa shape index (κ1) is 19.1. The van der Waals surface area contributed by atoms with Crippen molar-refractivity contribution in [1.29, 1.82) is 0 Å². The van der Waals surface area contributed by atoms with Gasteiger partial charge in [-0.1, -0.05) is 48.4 Å². The molecule has 28 heavy (non-hydrogen) atoms. The van der Waals surface area contributed by atoms with Crippen molar-refractivity contribution in [3.63, 3.8) is 0 Å². The molecular formula is C20H19N3O5. The van der Waals surface area contributed by atoms with Crippen LogP contribution in [0.2, 0.25) is 0 Å². The first-order valence-corrected chi connectivity index (χ1v) is 8.73. The van der Waals surface area contributed by atoms with Gasteiger partial charge >= 0.3 is 12.0 Å². The van der Waals surface area contributed by atoms with Crippen LogP contribution < -0.4 is 10.1 Å². The van der Waals surface area contributed by atoms with Gasteiger partial charge in [0, 0.05) is 5.56 Å². The molecule has 3 aromatic rings. The molecule has 1 heterocycles. The number of aromatic nitrogens is 2. The molecule has 3 rings (SSSR count). The number of carbonyl (C=O) groups is 2. The maximum Gasteiger partial charge on any atom is 0.347 e. The van der Waals surface area contributed by atoms with E-state index in [0.717, 1.165) is 5.56 Å². The SMILES string of the molecule is CC[C@@H](Oc1ccccc1)C(=O)OCC(=O)Nc1nnc(-c2ccccc2)o1. The van der Waals surface area contributed by atoms with Gasteiger partial charge in [0.05, 0.1) is 0 Å². The molecule has 2 aromatic carbocycles. The van der Waals surface area contributed by atoms with Gasteiger partial charge in [-0.2, -0.15) is 0 Å². The molecule has 0 bridgehead atoms. The van der Waals surface area contributed by atoms with Crippen LogP contribution in [0, 0.1) is 0 Å². The van der Waals surface area contributed by atoms with E-state index in [2.05, 4.69) is 15.5 Å². The summed E-state index contributed by atoms with van der Waals surface area (Å²) in [5.74, 6) is -0.395. The summed E-state index contributed by atoms with van der Waals surface area (Å²) >= 11 is 0. The molecule has 1 atom stereocenters. The standard InChI is InChI=1S/C20H19N3O5/c1-2-16(27-15-11-7-4-8-12-15)19(25)26-13-17(24)21-20-23-22-18(28-20)14-9-5-3-6-10-14/h3-12,16H,2,13H2,1H3,(H,21,23,24)/t16-/m1/s1. The number of para-hydroxylation sites is 1. The van der Waals surface area contributed by atoms with Crippen molar-refractivity contribution in [2.24, 2.45) is 0 Å². The van der Waals surface area contributed by atoms with Crippen molar-refractivity contribution in [1.82, 2.24) is 10.2 Å². The maximum absolute atomic E-state index is 12.1. The normalized spacial score (nSPS) is 11.5. The fraction of sp³-hybridized carbons (Fsp3) is 0.200. The zero-order valence-corrected chi connectivity index (χ0v) is 15.2. The lowest BCUT2D eigenvalue weighted by Gasteiger charge is -2.16. The average Bonchev–Trinajstić information content (AvgIpc) is 3.20. The molecule has 8 nitrogen and oxygen atoms in total. The van der Waals surface area contributed by atoms with Gasteiger partial charge in [-0.15, -0.1) is 5.10 Å². The molecule has 0 saturated carbocycles. The zero-order valence-electron chi connectivity index (χ0n) is 15.2. The van der Waals surface area contributed by atoms with E-state index in [-0.39, 0.29) is 11.9 Å². The summed E-state index contributed by atoms with van der Waals surface area (Å²) < 4.78 is 16.0. The highest BCUT2D eigenvalue weighted by Crippen LogP contribution is 2.19. The van der Waals surface area contributed by atoms with Crippen LogP contribution in [0.25, 0.3) is 11.5 Å². The molecule has 0 aliphatic carbocycles. The van der Waals surface area contributed by atoms with Gasteiger partial charge in [0.15, 0.2) is 12.7 Å². The monoisotopic (exact) mass is 381 g/mol. The first-order valence-electron chi connectivity index (χ1n) is 8.73. The van der Waals surface area contributed by atoms with Gasteiger partial charge in [-0.3, -0.25) is 10.1 Å². The van der Waals surface area contributed by atoms with E-state index < -0.39 is 24.6 Å². The lowest BCUT2D eigenvalue weighted by Crippen LogP contribution is -2.31. The predicted octanol–water partition coefficient (Wildman–Crippen LogP) is 3.08. The Morgan fingerprint density at radius 1 is 1.04 bits per heavy atom. The summed E-state index contributed by atoms with van der Waals surface area (Å²) in [6.07, 6.45) is -0.400. The third kappa shape index (κ3) is 5.16. The number of esters is 1. The van der Waals surface area contributed by atoms with Crippen LogP contribution in [-0.2, 0) is 14.3 Å². The highest BCUT2D eigenvalue weighted by Gasteiger charge is 2.21. The lowest BCUT2D eigenvalue weighted by atomic mass is 10.2. The Balaban J connectivity index is 1.49. The van der Waals surface area contributed by atoms with E-state index >= 15 is 0 Å². The highest BCUT2D eigenvalue weighted by atomic mass is 16.6. The number of nitrogens with one attached hydrogen (secondary N) is 1. The molecule has 0 aliphatic rings. The molecular weight excluding hydrogens is 362 g/mol. The summed E-state index contributed by atoms with van der Waals surface area (Å²) in [5.41, 5.74) is 0.728. The molecule has 144 valence electrons. The Kier molecular flexibility index (Phi) is 6.35. The number of carbonyl (C=O) groups excluding carboxylic acids is 2. The number of ether oxygens (including phenoxy) is 2. The summed E-state index contributed by atoms with van der Waals surface area (Å²) in [5, 5.41) is 10.0. The molecule has 0 aliphatic heterocycles. The smallest absolute Gasteiger partial charge is 0.347 e. The van der Waals surface area contributed by atoms with E-state index in [4.69, 9.17) is 13.9 Å². The second kappa shape index (κ2) is 9.31. The van der Waals surface area contributed by atoms with E-state index in [0.29, 0.717) is 12.2 Å². The van der Waals surface area contributed by atoms with Gasteiger partial charge in [0.1, 0.15) is 5.75 Å². The van der Waals surface area contributed by atoms with Crippen LogP contribution in [-0.4, -0.2) is 34.8 Å². The molecule has 0 spiro atoms. The third-order valence-corrected chi connectivity index (χ3v) is 3.69. The van der Waals surface area contributed by atoms with Crippen molar-refractivity contribution in [3.05, 3.63) is 60.7 Å². The van der Waals surface area contributed by atoms with Crippen LogP contribution in [0.5, 0.6) is 5.75 Å². The number of nitrogens with zero attached hydrogens (tertiary/aromatic N) is 2. The predicted molar refractivity (Wildman–Crippen MR) is 100 cm³/mol. The molecule has 0 unspecified atom stereocenters. The number of rotatable bonds is 8. The van der Waals surface area contributed by atoms with E-state index in [9.17, 15) is 9.59 Å². The van der Waals surface area contributed by atoms with Crippen LogP contribution >= 0.6 is 0 Å². The van der Waals surface area contributed by atoms with Crippen LogP contribution in [0.15, 0.2) is 65.1 Å². The Labute approximate surface area is 161 Å². The Morgan fingerprint density at radius 3 is 2.39 bits per heavy atom. The molecule has 0 radical (unpaired) electrons. The van der Waals surface area contributed by atoms with E-state index in [1.54, 1.807) is 43.3 Å². The average molecular weight is 381 g/mol. The lowest BCUT2D eigenvalue weighted by molar-refractivity contribution is -0.154. The number of benzene rings is 2. The Bertz CT molecular complexity index is 912. The van der Waals surface area contributed by atoms with Gasteiger partial charge in [0.2, 0.25) is 5.89 Å². The minimum Gasteiger partial charge on any atom is -0.479 e. The quantitative estimate of drug-likeness (QED) is 0.598. The third-order valence-electron chi connectivity index (χ3n) is 3.69. The molecule has 1 amide bonds. The second-order valence-corrected chi connectivity index (χ2v) is 5.76. The van der Waals surface area contributed by atoms with Gasteiger partial charge in [-0.25, -0.2) is 4.79 Å². The Hall–Kier alpha value is -3.68. The van der Waals surface area contributed by atoms with Crippen LogP contribution in [0.3, 0.4) is 0 Å². The van der Waals surface area contributed by atoms with Gasteiger partial charge < -0.3 is 13.9 Å². The minimum atomic E-state index is -0.803. The van der Waals surface area contributed by atoms with Crippen molar-refractivity contribution in [2.75, 3.05) is 11.9 Å². The molecule has 0 fully saturated rings. The largest absolute Gasteiger partial charge is 0.479 e. The number of hydrogen-bond acceptors (Lipinski definition) is 7. The number of hydrogen-bond donors (Lipinski definition) is 1. The van der Waals surface area contributed by atoms with Crippen molar-refractivity contribution >= 4 is 17.9 Å². The maximum atomic E-state index is 12.1. The zero-order chi connectivity index (χ0) is 19.8. The summed E-state index contributed by atoms with van der Waals surface area (Å²) in [7, 11) is 0. The van der Waals surface area contributed by atoms with Crippen molar-refractivity contribution in [2.45, 2.75) is 19.4 Å². The number of amides is 1. The molecule has 1 N–H and O–H groups in total. The van der Waals surface area contributed by atoms with Crippen LogP contribution in [0.4, 0.5) is 6.01 Å². The molecule has 0 saturated heterocycles. The fourth-order valence-electron chi connectivity index (χ4n) is 2.32. The fourth-order valence-corrected chi connectivity index (χ4v) is 2.32.